The van der Waals surface area contributed by atoms with Crippen molar-refractivity contribution < 1.29 is 78.9 Å². The van der Waals surface area contributed by atoms with Gasteiger partial charge in [-0.1, -0.05) is 13.8 Å². The van der Waals surface area contributed by atoms with Crippen molar-refractivity contribution >= 4 is 43.1 Å². The van der Waals surface area contributed by atoms with Gasteiger partial charge in [-0.05, 0) is 79.1 Å². The van der Waals surface area contributed by atoms with Gasteiger partial charge in [0.15, 0.2) is 34.3 Å². The van der Waals surface area contributed by atoms with Gasteiger partial charge in [0, 0.05) is 34.7 Å². The molecular formula is C54H56N6O18. The minimum Gasteiger partial charge on any atom is -0.506 e. The fourth-order valence-corrected chi connectivity index (χ4v) is 15.5. The fourth-order valence-electron chi connectivity index (χ4n) is 15.5. The summed E-state index contributed by atoms with van der Waals surface area (Å²) in [4.78, 5) is 65.5. The van der Waals surface area contributed by atoms with Crippen LogP contribution in [0.25, 0.3) is 54.2 Å². The predicted octanol–water partition coefficient (Wildman–Crippen LogP) is 0.150. The standard InChI is InChI=1S/C54H56N6O18/c1-9-51-47-48-52(10-2,50(76-26-16-24(66)42(60(7)8)18(4)74-26)36-38(54(48,72)77-51)32-34(40(36)58-56)46(70)30-22(64)14-12-20(62)28(30)44(32)68)78-53(47,71)37-31-33(45(69)29-21(63)13-11-19(61)27(29)43(31)67)39(57-55)35(37)49(51)75-25-15-23(65)41(59(5)6)17(3)73-25/h11-14,17-18,23-26,41-42,47-50,65-72H,9-10,15-16H2,1-8H3/t17?,18?,23?,24?,25-,26+,41+,42-,47-,48?,49?,50?,51?,52?,53?,54?/m1/s1. The van der Waals surface area contributed by atoms with Crippen LogP contribution < -0.4 is 32.4 Å². The Bertz CT molecular complexity index is 3750. The molecule has 4 heterocycles. The zero-order valence-electron chi connectivity index (χ0n) is 43.4. The largest absolute Gasteiger partial charge is 0.506 e. The number of phenolic OH excluding ortho intramolecular Hbond substituents is 4. The summed E-state index contributed by atoms with van der Waals surface area (Å²) in [5.41, 5.74) is 12.7. The van der Waals surface area contributed by atoms with Gasteiger partial charge in [-0.2, -0.15) is 9.58 Å². The molecule has 4 saturated heterocycles. The normalized spacial score (nSPS) is 35.9. The summed E-state index contributed by atoms with van der Waals surface area (Å²) in [5, 5.41) is 95.5. The Labute approximate surface area is 440 Å². The topological polar surface area (TPSA) is 365 Å². The van der Waals surface area contributed by atoms with E-state index in [2.05, 4.69) is 9.58 Å². The lowest BCUT2D eigenvalue weighted by Gasteiger charge is -2.52. The van der Waals surface area contributed by atoms with Gasteiger partial charge in [-0.25, -0.2) is 0 Å². The Balaban J connectivity index is 1.23. The first-order valence-electron chi connectivity index (χ1n) is 25.7. The number of hydrogen-bond donors (Lipinski definition) is 8. The van der Waals surface area contributed by atoms with Crippen LogP contribution >= 0.6 is 0 Å². The van der Waals surface area contributed by atoms with E-state index in [9.17, 15) is 71.1 Å². The monoisotopic (exact) mass is 1080 g/mol. The SMILES string of the molecule is CCC12OC3(O)c4c(c(=[N+]=[N-])c5c(O)c6c(=O)ccc(=O)c6c(O)c45)C(O[C@@H]4CC(O)[C@@H](N(C)C)C(C)O4)C4(CC)OC(O)(c5c(c(=[N+]=[N-])c6c(O)c7c(=O)ccc(=O)c7c(O)c56)C1O[C@H]1CC(O)[C@H](N(C)C)C(C)O1)C2[C@@H]34. The number of rotatable bonds is 8. The van der Waals surface area contributed by atoms with Crippen molar-refractivity contribution in [3.63, 3.8) is 0 Å². The first-order valence-corrected chi connectivity index (χ1v) is 25.7. The highest BCUT2D eigenvalue weighted by atomic mass is 16.7. The fraction of sp³-hybridized carbons (Fsp3) is 0.519. The number of phenols is 4. The first kappa shape index (κ1) is 52.3. The van der Waals surface area contributed by atoms with Crippen LogP contribution in [0.4, 0.5) is 0 Å². The summed E-state index contributed by atoms with van der Waals surface area (Å²) in [6, 6.07) is 2.39. The highest BCUT2D eigenvalue weighted by Gasteiger charge is 2.87. The van der Waals surface area contributed by atoms with Crippen LogP contribution in [0.3, 0.4) is 0 Å². The maximum Gasteiger partial charge on any atom is 0.333 e. The summed E-state index contributed by atoms with van der Waals surface area (Å²) in [5.74, 6) is -13.3. The maximum absolute atomic E-state index is 14.3. The quantitative estimate of drug-likeness (QED) is 0.0571. The molecule has 0 radical (unpaired) electrons. The van der Waals surface area contributed by atoms with E-state index in [1.165, 1.54) is 0 Å². The van der Waals surface area contributed by atoms with Crippen LogP contribution in [0, 0.1) is 11.8 Å². The Kier molecular flexibility index (Phi) is 11.4. The van der Waals surface area contributed by atoms with Gasteiger partial charge in [-0.15, -0.1) is 0 Å². The van der Waals surface area contributed by atoms with E-state index in [0.29, 0.717) is 0 Å². The average molecular weight is 1080 g/mol. The van der Waals surface area contributed by atoms with Crippen molar-refractivity contribution in [3.8, 4) is 23.0 Å². The zero-order valence-corrected chi connectivity index (χ0v) is 43.4. The molecule has 0 saturated carbocycles. The molecule has 78 heavy (non-hydrogen) atoms. The molecule has 8 N–H and O–H groups in total. The van der Waals surface area contributed by atoms with Crippen LogP contribution in [-0.4, -0.2) is 149 Å². The first-order chi connectivity index (χ1) is 36.8. The summed E-state index contributed by atoms with van der Waals surface area (Å²) in [6.45, 7) is 6.57. The van der Waals surface area contributed by atoms with Crippen LogP contribution in [0.5, 0.6) is 23.0 Å². The van der Waals surface area contributed by atoms with Crippen molar-refractivity contribution in [2.75, 3.05) is 28.2 Å². The second kappa shape index (κ2) is 17.0. The molecule has 2 aliphatic carbocycles. The molecule has 6 aromatic rings. The van der Waals surface area contributed by atoms with E-state index in [4.69, 9.17) is 28.4 Å². The number of hydrogen-bond acceptors (Lipinski definition) is 20. The van der Waals surface area contributed by atoms with Crippen LogP contribution in [0.2, 0.25) is 0 Å². The molecule has 24 nitrogen and oxygen atoms in total. The third kappa shape index (κ3) is 6.20. The lowest BCUT2D eigenvalue weighted by Crippen LogP contribution is -2.60. The van der Waals surface area contributed by atoms with Crippen molar-refractivity contribution in [1.29, 1.82) is 0 Å². The average Bonchev–Trinajstić information content (AvgIpc) is 1.58. The molecule has 16 atom stereocenters. The third-order valence-corrected chi connectivity index (χ3v) is 18.1. The van der Waals surface area contributed by atoms with E-state index in [1.807, 2.05) is 0 Å². The molecule has 6 aromatic carbocycles. The Hall–Kier alpha value is -6.44. The van der Waals surface area contributed by atoms with E-state index in [0.717, 1.165) is 24.3 Å². The van der Waals surface area contributed by atoms with Crippen LogP contribution in [0.15, 0.2) is 43.4 Å². The molecule has 6 aliphatic rings. The predicted molar refractivity (Wildman–Crippen MR) is 268 cm³/mol. The maximum atomic E-state index is 14.3. The number of aliphatic hydroxyl groups is 4. The van der Waals surface area contributed by atoms with Gasteiger partial charge in [0.25, 0.3) is 0 Å². The number of nitrogens with zero attached hydrogens (tertiary/aromatic N) is 6. The van der Waals surface area contributed by atoms with Crippen molar-refractivity contribution in [3.05, 3.63) is 109 Å². The molecule has 0 amide bonds. The number of aromatic hydroxyl groups is 4. The van der Waals surface area contributed by atoms with Crippen LogP contribution in [0.1, 0.15) is 87.8 Å². The molecule has 4 aliphatic heterocycles. The van der Waals surface area contributed by atoms with Crippen molar-refractivity contribution in [2.45, 2.75) is 137 Å². The van der Waals surface area contributed by atoms with Gasteiger partial charge in [-0.3, -0.25) is 19.2 Å². The zero-order chi connectivity index (χ0) is 56.1. The lowest BCUT2D eigenvalue weighted by atomic mass is 9.57. The number of ether oxygens (including phenoxy) is 6. The minimum atomic E-state index is -2.99. The van der Waals surface area contributed by atoms with E-state index in [1.54, 1.807) is 65.7 Å². The summed E-state index contributed by atoms with van der Waals surface area (Å²) >= 11 is 0. The van der Waals surface area contributed by atoms with Gasteiger partial charge in [0.05, 0.1) is 81.0 Å². The Morgan fingerprint density at radius 3 is 1.14 bits per heavy atom. The summed E-state index contributed by atoms with van der Waals surface area (Å²) in [6.07, 6.45) is -11.2. The Morgan fingerprint density at radius 1 is 0.564 bits per heavy atom. The number of likely N-dealkylation sites (N-methyl/N-ethyl adjacent to an activating group) is 2. The molecule has 0 aromatic heterocycles. The van der Waals surface area contributed by atoms with Crippen molar-refractivity contribution in [1.82, 2.24) is 9.80 Å². The second-order valence-electron chi connectivity index (χ2n) is 22.3. The molecule has 11 unspecified atom stereocenters. The molecule has 0 spiro atoms. The Morgan fingerprint density at radius 2 is 0.872 bits per heavy atom. The van der Waals surface area contributed by atoms with E-state index < -0.39 is 206 Å². The highest BCUT2D eigenvalue weighted by molar-refractivity contribution is 6.14. The molecule has 4 fully saturated rings. The minimum absolute atomic E-state index is 0.225. The van der Waals surface area contributed by atoms with Gasteiger partial charge in [0.2, 0.25) is 11.6 Å². The van der Waals surface area contributed by atoms with E-state index in [-0.39, 0.29) is 36.8 Å². The molecule has 410 valence electrons. The van der Waals surface area contributed by atoms with E-state index >= 15 is 0 Å². The van der Waals surface area contributed by atoms with Crippen molar-refractivity contribution in [2.24, 2.45) is 11.8 Å². The smallest absolute Gasteiger partial charge is 0.333 e. The highest BCUT2D eigenvalue weighted by Crippen LogP contribution is 2.78. The van der Waals surface area contributed by atoms with Crippen LogP contribution in [-0.2, 0) is 40.0 Å². The molecule has 12 rings (SSSR count). The lowest BCUT2D eigenvalue weighted by molar-refractivity contribution is -0.377. The third-order valence-electron chi connectivity index (χ3n) is 18.1. The summed E-state index contributed by atoms with van der Waals surface area (Å²) < 4.78 is 41.5. The molecule has 24 heteroatoms. The molecular weight excluding hydrogens is 1020 g/mol. The summed E-state index contributed by atoms with van der Waals surface area (Å²) in [7, 11) is 6.98. The number of fused-ring (bicyclic) bond motifs is 10. The second-order valence-corrected chi connectivity index (χ2v) is 22.3. The number of aliphatic hydroxyl groups excluding tert-OH is 2. The molecule has 0 bridgehead atoms. The van der Waals surface area contributed by atoms with Gasteiger partial charge in [0.1, 0.15) is 57.2 Å². The number of benzene rings is 4. The van der Waals surface area contributed by atoms with Gasteiger partial charge >= 0.3 is 10.7 Å². The van der Waals surface area contributed by atoms with Gasteiger partial charge < -0.3 is 90.1 Å².